The average Bonchev–Trinajstić information content (AvgIpc) is 3.14. The number of carbonyl (C=O) groups excluding carboxylic acids is 1. The van der Waals surface area contributed by atoms with Gasteiger partial charge >= 0.3 is 5.97 Å². The molecule has 31 heavy (non-hydrogen) atoms. The number of esters is 1. The van der Waals surface area contributed by atoms with E-state index >= 15 is 0 Å². The lowest BCUT2D eigenvalue weighted by Crippen LogP contribution is -2.11. The first-order valence-corrected chi connectivity index (χ1v) is 10.4. The predicted molar refractivity (Wildman–Crippen MR) is 121 cm³/mol. The summed E-state index contributed by atoms with van der Waals surface area (Å²) < 4.78 is 17.0. The monoisotopic (exact) mass is 438 g/mol. The Morgan fingerprint density at radius 2 is 1.97 bits per heavy atom. The van der Waals surface area contributed by atoms with Crippen molar-refractivity contribution >= 4 is 39.4 Å². The number of carbonyl (C=O) groups is 1. The normalized spacial score (nSPS) is 12.3. The molecule has 2 aromatic heterocycles. The molecule has 1 N–H and O–H groups in total. The Bertz CT molecular complexity index is 1250. The Morgan fingerprint density at radius 3 is 2.71 bits per heavy atom. The Labute approximate surface area is 185 Å². The summed E-state index contributed by atoms with van der Waals surface area (Å²) in [5.41, 5.74) is 3.55. The standard InChI is InChI=1S/C24H23ClN2O4/c1-4-30-24(28)23-17(13-29-3)21-19(12-26-23)27-18-9-6-10-20(22(18)21)31-14(2)15-7-5-8-16(25)11-15/h5-12,14,27H,4,13H2,1-3H3. The number of hydrogen-bond donors (Lipinski definition) is 1. The number of benzene rings is 2. The van der Waals surface area contributed by atoms with E-state index in [4.69, 9.17) is 25.8 Å². The molecule has 0 saturated carbocycles. The van der Waals surface area contributed by atoms with Crippen LogP contribution in [0, 0.1) is 0 Å². The quantitative estimate of drug-likeness (QED) is 0.367. The summed E-state index contributed by atoms with van der Waals surface area (Å²) in [5, 5.41) is 2.36. The summed E-state index contributed by atoms with van der Waals surface area (Å²) in [6, 6.07) is 13.4. The number of ether oxygens (including phenoxy) is 3. The zero-order valence-electron chi connectivity index (χ0n) is 17.6. The minimum atomic E-state index is -0.475. The first kappa shape index (κ1) is 21.2. The van der Waals surface area contributed by atoms with Crippen molar-refractivity contribution in [3.8, 4) is 5.75 Å². The van der Waals surface area contributed by atoms with Gasteiger partial charge in [0.05, 0.1) is 30.4 Å². The Hall–Kier alpha value is -3.09. The number of aromatic amines is 1. The summed E-state index contributed by atoms with van der Waals surface area (Å²) >= 11 is 6.15. The lowest BCUT2D eigenvalue weighted by molar-refractivity contribution is 0.0514. The number of fused-ring (bicyclic) bond motifs is 3. The van der Waals surface area contributed by atoms with E-state index in [1.807, 2.05) is 49.4 Å². The Morgan fingerprint density at radius 1 is 1.16 bits per heavy atom. The second kappa shape index (κ2) is 8.96. The van der Waals surface area contributed by atoms with E-state index in [2.05, 4.69) is 9.97 Å². The molecule has 0 aliphatic rings. The first-order valence-electron chi connectivity index (χ1n) is 10.0. The summed E-state index contributed by atoms with van der Waals surface area (Å²) in [7, 11) is 1.58. The molecule has 6 nitrogen and oxygen atoms in total. The molecule has 0 aliphatic carbocycles. The fourth-order valence-corrected chi connectivity index (χ4v) is 3.95. The Balaban J connectivity index is 1.88. The molecule has 1 unspecified atom stereocenters. The number of aromatic nitrogens is 2. The molecule has 0 bridgehead atoms. The maximum absolute atomic E-state index is 12.5. The van der Waals surface area contributed by atoms with Crippen LogP contribution in [0.2, 0.25) is 5.02 Å². The zero-order chi connectivity index (χ0) is 22.0. The minimum Gasteiger partial charge on any atom is -0.485 e. The third-order valence-corrected chi connectivity index (χ3v) is 5.34. The van der Waals surface area contributed by atoms with E-state index in [1.54, 1.807) is 20.2 Å². The molecule has 7 heteroatoms. The van der Waals surface area contributed by atoms with Gasteiger partial charge in [-0.15, -0.1) is 0 Å². The minimum absolute atomic E-state index is 0.212. The predicted octanol–water partition coefficient (Wildman–Crippen LogP) is 5.83. The topological polar surface area (TPSA) is 73.4 Å². The molecule has 0 saturated heterocycles. The number of rotatable bonds is 7. The van der Waals surface area contributed by atoms with Crippen LogP contribution in [-0.2, 0) is 16.1 Å². The van der Waals surface area contributed by atoms with Gasteiger partial charge < -0.3 is 19.2 Å². The number of pyridine rings is 1. The van der Waals surface area contributed by atoms with Gasteiger partial charge in [0.1, 0.15) is 11.9 Å². The van der Waals surface area contributed by atoms with Crippen molar-refractivity contribution in [3.05, 3.63) is 70.5 Å². The van der Waals surface area contributed by atoms with Gasteiger partial charge in [0.2, 0.25) is 0 Å². The van der Waals surface area contributed by atoms with Crippen LogP contribution < -0.4 is 4.74 Å². The molecular weight excluding hydrogens is 416 g/mol. The molecule has 4 aromatic rings. The number of halogens is 1. The third kappa shape index (κ3) is 4.09. The van der Waals surface area contributed by atoms with Crippen LogP contribution in [0.1, 0.15) is 41.6 Å². The molecular formula is C24H23ClN2O4. The lowest BCUT2D eigenvalue weighted by atomic mass is 10.0. The van der Waals surface area contributed by atoms with Crippen molar-refractivity contribution in [2.75, 3.05) is 13.7 Å². The second-order valence-corrected chi connectivity index (χ2v) is 7.58. The summed E-state index contributed by atoms with van der Waals surface area (Å²) in [6.07, 6.45) is 1.41. The highest BCUT2D eigenvalue weighted by atomic mass is 35.5. The van der Waals surface area contributed by atoms with Crippen LogP contribution in [0.3, 0.4) is 0 Å². The number of H-pyrrole nitrogens is 1. The molecule has 0 aliphatic heterocycles. The molecule has 2 aromatic carbocycles. The van der Waals surface area contributed by atoms with Crippen LogP contribution in [-0.4, -0.2) is 29.7 Å². The molecule has 2 heterocycles. The summed E-state index contributed by atoms with van der Waals surface area (Å²) in [4.78, 5) is 20.2. The van der Waals surface area contributed by atoms with Gasteiger partial charge in [-0.25, -0.2) is 9.78 Å². The largest absolute Gasteiger partial charge is 0.485 e. The van der Waals surface area contributed by atoms with Gasteiger partial charge in [-0.2, -0.15) is 0 Å². The maximum Gasteiger partial charge on any atom is 0.357 e. The zero-order valence-corrected chi connectivity index (χ0v) is 18.3. The van der Waals surface area contributed by atoms with Crippen LogP contribution in [0.4, 0.5) is 0 Å². The smallest absolute Gasteiger partial charge is 0.357 e. The van der Waals surface area contributed by atoms with E-state index in [0.717, 1.165) is 27.4 Å². The number of hydrogen-bond acceptors (Lipinski definition) is 5. The SMILES string of the molecule is CCOC(=O)c1ncc2[nH]c3cccc(OC(C)c4cccc(Cl)c4)c3c2c1COC. The van der Waals surface area contributed by atoms with Gasteiger partial charge in [-0.05, 0) is 43.7 Å². The van der Waals surface area contributed by atoms with E-state index in [-0.39, 0.29) is 25.0 Å². The van der Waals surface area contributed by atoms with Crippen molar-refractivity contribution in [2.24, 2.45) is 0 Å². The molecule has 0 amide bonds. The highest BCUT2D eigenvalue weighted by Crippen LogP contribution is 2.38. The molecule has 160 valence electrons. The van der Waals surface area contributed by atoms with Crippen LogP contribution >= 0.6 is 11.6 Å². The molecule has 0 fully saturated rings. The van der Waals surface area contributed by atoms with Gasteiger partial charge in [0.15, 0.2) is 5.69 Å². The fourth-order valence-electron chi connectivity index (χ4n) is 3.75. The van der Waals surface area contributed by atoms with Crippen LogP contribution in [0.25, 0.3) is 21.8 Å². The Kier molecular flexibility index (Phi) is 6.11. The van der Waals surface area contributed by atoms with Gasteiger partial charge in [-0.3, -0.25) is 0 Å². The van der Waals surface area contributed by atoms with E-state index in [0.29, 0.717) is 16.3 Å². The molecule has 0 radical (unpaired) electrons. The highest BCUT2D eigenvalue weighted by molar-refractivity contribution is 6.30. The van der Waals surface area contributed by atoms with Crippen molar-refractivity contribution in [1.29, 1.82) is 0 Å². The van der Waals surface area contributed by atoms with Crippen molar-refractivity contribution in [1.82, 2.24) is 9.97 Å². The molecule has 1 atom stereocenters. The van der Waals surface area contributed by atoms with Crippen molar-refractivity contribution < 1.29 is 19.0 Å². The summed E-state index contributed by atoms with van der Waals surface area (Å²) in [5.74, 6) is 0.214. The van der Waals surface area contributed by atoms with Gasteiger partial charge in [0.25, 0.3) is 0 Å². The molecule has 4 rings (SSSR count). The van der Waals surface area contributed by atoms with Gasteiger partial charge in [0, 0.05) is 28.5 Å². The highest BCUT2D eigenvalue weighted by Gasteiger charge is 2.22. The van der Waals surface area contributed by atoms with E-state index < -0.39 is 5.97 Å². The van der Waals surface area contributed by atoms with Gasteiger partial charge in [-0.1, -0.05) is 29.8 Å². The van der Waals surface area contributed by atoms with E-state index in [1.165, 1.54) is 0 Å². The number of nitrogens with zero attached hydrogens (tertiary/aromatic N) is 1. The van der Waals surface area contributed by atoms with Crippen LogP contribution in [0.5, 0.6) is 5.75 Å². The average molecular weight is 439 g/mol. The van der Waals surface area contributed by atoms with Crippen molar-refractivity contribution in [3.63, 3.8) is 0 Å². The first-order chi connectivity index (χ1) is 15.0. The molecule has 0 spiro atoms. The van der Waals surface area contributed by atoms with E-state index in [9.17, 15) is 4.79 Å². The number of methoxy groups -OCH3 is 1. The number of nitrogens with one attached hydrogen (secondary N) is 1. The fraction of sp³-hybridized carbons (Fsp3) is 0.250. The lowest BCUT2D eigenvalue weighted by Gasteiger charge is -2.17. The summed E-state index contributed by atoms with van der Waals surface area (Å²) in [6.45, 7) is 4.22. The van der Waals surface area contributed by atoms with Crippen molar-refractivity contribution in [2.45, 2.75) is 26.6 Å². The van der Waals surface area contributed by atoms with Crippen LogP contribution in [0.15, 0.2) is 48.7 Å². The second-order valence-electron chi connectivity index (χ2n) is 7.15. The maximum atomic E-state index is 12.5. The third-order valence-electron chi connectivity index (χ3n) is 5.10.